The predicted molar refractivity (Wildman–Crippen MR) is 60.3 cm³/mol. The fraction of sp³-hybridized carbons (Fsp3) is 0.636. The Morgan fingerprint density at radius 2 is 2.06 bits per heavy atom. The molecule has 0 saturated carbocycles. The number of aliphatic hydroxyl groups is 1. The van der Waals surface area contributed by atoms with Crippen molar-refractivity contribution < 1.29 is 9.84 Å². The lowest BCUT2D eigenvalue weighted by Gasteiger charge is -2.36. The standard InChI is InChI=1S/C11H17N3O2/c1-9-10(13-5-4-12-9)14-11(8-15)2-6-16-7-3-11/h4-5,15H,2-3,6-8H2,1H3,(H,13,14). The monoisotopic (exact) mass is 223 g/mol. The molecule has 0 bridgehead atoms. The van der Waals surface area contributed by atoms with E-state index < -0.39 is 0 Å². The number of aromatic nitrogens is 2. The van der Waals surface area contributed by atoms with Gasteiger partial charge in [0.25, 0.3) is 0 Å². The van der Waals surface area contributed by atoms with Crippen LogP contribution in [0.2, 0.25) is 0 Å². The average molecular weight is 223 g/mol. The molecule has 2 heterocycles. The Kier molecular flexibility index (Phi) is 3.36. The highest BCUT2D eigenvalue weighted by atomic mass is 16.5. The van der Waals surface area contributed by atoms with Gasteiger partial charge in [-0.05, 0) is 19.8 Å². The molecule has 16 heavy (non-hydrogen) atoms. The van der Waals surface area contributed by atoms with Crippen molar-refractivity contribution in [2.45, 2.75) is 25.3 Å². The van der Waals surface area contributed by atoms with Crippen LogP contribution in [0.4, 0.5) is 5.82 Å². The van der Waals surface area contributed by atoms with Crippen molar-refractivity contribution in [3.05, 3.63) is 18.1 Å². The van der Waals surface area contributed by atoms with Crippen molar-refractivity contribution in [2.75, 3.05) is 25.1 Å². The summed E-state index contributed by atoms with van der Waals surface area (Å²) < 4.78 is 5.31. The molecule has 0 atom stereocenters. The summed E-state index contributed by atoms with van der Waals surface area (Å²) in [5, 5.41) is 12.8. The number of ether oxygens (including phenoxy) is 1. The van der Waals surface area contributed by atoms with Crippen LogP contribution in [0, 0.1) is 6.92 Å². The number of nitrogens with one attached hydrogen (secondary N) is 1. The number of hydrogen-bond donors (Lipinski definition) is 2. The molecular formula is C11H17N3O2. The molecule has 0 radical (unpaired) electrons. The van der Waals surface area contributed by atoms with E-state index in [-0.39, 0.29) is 12.1 Å². The van der Waals surface area contributed by atoms with Crippen molar-refractivity contribution in [3.63, 3.8) is 0 Å². The van der Waals surface area contributed by atoms with Gasteiger partial charge in [0, 0.05) is 25.6 Å². The largest absolute Gasteiger partial charge is 0.394 e. The van der Waals surface area contributed by atoms with E-state index in [4.69, 9.17) is 4.74 Å². The zero-order chi connectivity index (χ0) is 11.4. The molecule has 5 heteroatoms. The smallest absolute Gasteiger partial charge is 0.147 e. The maximum atomic E-state index is 9.53. The van der Waals surface area contributed by atoms with Gasteiger partial charge in [0.2, 0.25) is 0 Å². The third-order valence-electron chi connectivity index (χ3n) is 3.02. The van der Waals surface area contributed by atoms with E-state index >= 15 is 0 Å². The zero-order valence-corrected chi connectivity index (χ0v) is 9.44. The Bertz CT molecular complexity index is 351. The van der Waals surface area contributed by atoms with Crippen LogP contribution in [0.5, 0.6) is 0 Å². The first-order chi connectivity index (χ1) is 7.76. The topological polar surface area (TPSA) is 67.3 Å². The van der Waals surface area contributed by atoms with Gasteiger partial charge in [-0.1, -0.05) is 0 Å². The predicted octanol–water partition coefficient (Wildman–Crippen LogP) is 0.738. The summed E-state index contributed by atoms with van der Waals surface area (Å²) in [4.78, 5) is 8.41. The number of hydrogen-bond acceptors (Lipinski definition) is 5. The third kappa shape index (κ3) is 2.31. The molecule has 1 aliphatic heterocycles. The highest BCUT2D eigenvalue weighted by Crippen LogP contribution is 2.25. The fourth-order valence-corrected chi connectivity index (χ4v) is 1.87. The van der Waals surface area contributed by atoms with Crippen LogP contribution in [0.1, 0.15) is 18.5 Å². The van der Waals surface area contributed by atoms with Gasteiger partial charge < -0.3 is 15.2 Å². The van der Waals surface area contributed by atoms with Gasteiger partial charge >= 0.3 is 0 Å². The number of rotatable bonds is 3. The first-order valence-corrected chi connectivity index (χ1v) is 5.50. The van der Waals surface area contributed by atoms with Crippen LogP contribution in [-0.4, -0.2) is 40.4 Å². The lowest BCUT2D eigenvalue weighted by Crippen LogP contribution is -2.47. The summed E-state index contributed by atoms with van der Waals surface area (Å²) in [5.41, 5.74) is 0.542. The van der Waals surface area contributed by atoms with Crippen molar-refractivity contribution in [1.29, 1.82) is 0 Å². The highest BCUT2D eigenvalue weighted by Gasteiger charge is 2.32. The Labute approximate surface area is 94.9 Å². The maximum Gasteiger partial charge on any atom is 0.147 e. The first-order valence-electron chi connectivity index (χ1n) is 5.50. The minimum Gasteiger partial charge on any atom is -0.394 e. The van der Waals surface area contributed by atoms with Crippen LogP contribution in [-0.2, 0) is 4.74 Å². The number of anilines is 1. The molecule has 2 N–H and O–H groups in total. The summed E-state index contributed by atoms with van der Waals surface area (Å²) in [6, 6.07) is 0. The quantitative estimate of drug-likeness (QED) is 0.791. The molecule has 0 unspecified atom stereocenters. The Morgan fingerprint density at radius 1 is 1.38 bits per heavy atom. The summed E-state index contributed by atoms with van der Waals surface area (Å²) in [6.07, 6.45) is 4.90. The second-order valence-electron chi connectivity index (χ2n) is 4.17. The SMILES string of the molecule is Cc1nccnc1NC1(CO)CCOCC1. The second-order valence-corrected chi connectivity index (χ2v) is 4.17. The molecule has 2 rings (SSSR count). The number of nitrogens with zero attached hydrogens (tertiary/aromatic N) is 2. The van der Waals surface area contributed by atoms with Crippen LogP contribution in [0.25, 0.3) is 0 Å². The van der Waals surface area contributed by atoms with Crippen molar-refractivity contribution in [3.8, 4) is 0 Å². The van der Waals surface area contributed by atoms with Crippen LogP contribution >= 0.6 is 0 Å². The molecule has 0 amide bonds. The van der Waals surface area contributed by atoms with E-state index in [1.807, 2.05) is 6.92 Å². The van der Waals surface area contributed by atoms with Crippen molar-refractivity contribution >= 4 is 5.82 Å². The van der Waals surface area contributed by atoms with Gasteiger partial charge in [-0.3, -0.25) is 4.98 Å². The molecular weight excluding hydrogens is 206 g/mol. The van der Waals surface area contributed by atoms with Gasteiger partial charge in [0.15, 0.2) is 0 Å². The number of aryl methyl sites for hydroxylation is 1. The number of aliphatic hydroxyl groups excluding tert-OH is 1. The summed E-state index contributed by atoms with van der Waals surface area (Å²) in [5.74, 6) is 0.749. The normalized spacial score (nSPS) is 19.4. The second kappa shape index (κ2) is 4.76. The van der Waals surface area contributed by atoms with Crippen molar-refractivity contribution in [1.82, 2.24) is 9.97 Å². The van der Waals surface area contributed by atoms with Crippen LogP contribution in [0.3, 0.4) is 0 Å². The lowest BCUT2D eigenvalue weighted by atomic mass is 9.91. The van der Waals surface area contributed by atoms with E-state index in [9.17, 15) is 5.11 Å². The molecule has 1 aliphatic rings. The third-order valence-corrected chi connectivity index (χ3v) is 3.02. The van der Waals surface area contributed by atoms with Gasteiger partial charge in [-0.15, -0.1) is 0 Å². The molecule has 1 aromatic rings. The van der Waals surface area contributed by atoms with Gasteiger partial charge in [-0.2, -0.15) is 0 Å². The minimum absolute atomic E-state index is 0.0897. The van der Waals surface area contributed by atoms with E-state index in [2.05, 4.69) is 15.3 Å². The van der Waals surface area contributed by atoms with E-state index in [0.29, 0.717) is 13.2 Å². The molecule has 5 nitrogen and oxygen atoms in total. The molecule has 0 aliphatic carbocycles. The minimum atomic E-state index is -0.307. The maximum absolute atomic E-state index is 9.53. The van der Waals surface area contributed by atoms with Gasteiger partial charge in [-0.25, -0.2) is 4.98 Å². The van der Waals surface area contributed by atoms with E-state index in [1.165, 1.54) is 0 Å². The van der Waals surface area contributed by atoms with E-state index in [1.54, 1.807) is 12.4 Å². The van der Waals surface area contributed by atoms with Gasteiger partial charge in [0.05, 0.1) is 17.8 Å². The van der Waals surface area contributed by atoms with Crippen LogP contribution < -0.4 is 5.32 Å². The Hall–Kier alpha value is -1.20. The highest BCUT2D eigenvalue weighted by molar-refractivity contribution is 5.41. The molecule has 88 valence electrons. The molecule has 0 spiro atoms. The summed E-state index contributed by atoms with van der Waals surface area (Å²) in [7, 11) is 0. The zero-order valence-electron chi connectivity index (χ0n) is 9.44. The first kappa shape index (κ1) is 11.3. The summed E-state index contributed by atoms with van der Waals surface area (Å²) in [6.45, 7) is 3.34. The Morgan fingerprint density at radius 3 is 2.69 bits per heavy atom. The molecule has 1 aromatic heterocycles. The van der Waals surface area contributed by atoms with Gasteiger partial charge in [0.1, 0.15) is 5.82 Å². The fourth-order valence-electron chi connectivity index (χ4n) is 1.87. The Balaban J connectivity index is 2.15. The molecule has 1 saturated heterocycles. The van der Waals surface area contributed by atoms with Crippen molar-refractivity contribution in [2.24, 2.45) is 0 Å². The van der Waals surface area contributed by atoms with Crippen LogP contribution in [0.15, 0.2) is 12.4 Å². The summed E-state index contributed by atoms with van der Waals surface area (Å²) >= 11 is 0. The van der Waals surface area contributed by atoms with E-state index in [0.717, 1.165) is 24.4 Å². The average Bonchev–Trinajstić information content (AvgIpc) is 2.33. The molecule has 0 aromatic carbocycles. The lowest BCUT2D eigenvalue weighted by molar-refractivity contribution is 0.0378. The molecule has 1 fully saturated rings.